The van der Waals surface area contributed by atoms with Gasteiger partial charge in [-0.2, -0.15) is 0 Å². The zero-order valence-electron chi connectivity index (χ0n) is 10.4. The van der Waals surface area contributed by atoms with Crippen LogP contribution in [0.2, 0.25) is 0 Å². The minimum Gasteiger partial charge on any atom is -0.309 e. The molecule has 96 valence electrons. The molecule has 1 N–H and O–H groups in total. The molecule has 0 fully saturated rings. The standard InChI is InChI=1S/C16H14INO/c17-15-5-1-11(2-6-15)7-16(19)12-3-4-13-9-18-10-14(13)8-12/h1-6,8,18H,7,9-10H2. The largest absolute Gasteiger partial charge is 0.309 e. The lowest BCUT2D eigenvalue weighted by Gasteiger charge is -2.04. The van der Waals surface area contributed by atoms with Crippen molar-refractivity contribution in [3.05, 3.63) is 68.3 Å². The average Bonchev–Trinajstić information content (AvgIpc) is 2.88. The Bertz CT molecular complexity index is 619. The van der Waals surface area contributed by atoms with E-state index in [-0.39, 0.29) is 5.78 Å². The first-order valence-electron chi connectivity index (χ1n) is 6.32. The first-order valence-corrected chi connectivity index (χ1v) is 7.40. The summed E-state index contributed by atoms with van der Waals surface area (Å²) in [6.07, 6.45) is 0.475. The highest BCUT2D eigenvalue weighted by Crippen LogP contribution is 2.18. The van der Waals surface area contributed by atoms with Crippen molar-refractivity contribution in [1.82, 2.24) is 5.32 Å². The van der Waals surface area contributed by atoms with Crippen molar-refractivity contribution in [2.45, 2.75) is 19.5 Å². The highest BCUT2D eigenvalue weighted by Gasteiger charge is 2.13. The molecule has 3 heteroatoms. The molecule has 1 aliphatic rings. The summed E-state index contributed by atoms with van der Waals surface area (Å²) in [7, 11) is 0. The van der Waals surface area contributed by atoms with Crippen LogP contribution in [0.3, 0.4) is 0 Å². The third-order valence-electron chi connectivity index (χ3n) is 3.44. The number of carbonyl (C=O) groups is 1. The summed E-state index contributed by atoms with van der Waals surface area (Å²) in [5.41, 5.74) is 4.46. The van der Waals surface area contributed by atoms with E-state index in [4.69, 9.17) is 0 Å². The van der Waals surface area contributed by atoms with Crippen molar-refractivity contribution in [3.63, 3.8) is 0 Å². The molecule has 0 aromatic heterocycles. The molecule has 0 amide bonds. The van der Waals surface area contributed by atoms with E-state index in [1.807, 2.05) is 36.4 Å². The van der Waals surface area contributed by atoms with Crippen LogP contribution in [-0.4, -0.2) is 5.78 Å². The molecule has 0 saturated heterocycles. The number of hydrogen-bond donors (Lipinski definition) is 1. The summed E-state index contributed by atoms with van der Waals surface area (Å²) in [5, 5.41) is 3.30. The molecule has 1 aliphatic heterocycles. The Morgan fingerprint density at radius 3 is 2.58 bits per heavy atom. The number of rotatable bonds is 3. The van der Waals surface area contributed by atoms with Crippen LogP contribution in [0.15, 0.2) is 42.5 Å². The van der Waals surface area contributed by atoms with E-state index in [0.29, 0.717) is 6.42 Å². The lowest BCUT2D eigenvalue weighted by molar-refractivity contribution is 0.0993. The van der Waals surface area contributed by atoms with E-state index >= 15 is 0 Å². The van der Waals surface area contributed by atoms with Gasteiger partial charge in [0.25, 0.3) is 0 Å². The van der Waals surface area contributed by atoms with E-state index in [0.717, 1.165) is 24.2 Å². The number of fused-ring (bicyclic) bond motifs is 1. The Morgan fingerprint density at radius 2 is 1.79 bits per heavy atom. The Labute approximate surface area is 126 Å². The predicted molar refractivity (Wildman–Crippen MR) is 84.2 cm³/mol. The normalized spacial score (nSPS) is 13.3. The van der Waals surface area contributed by atoms with Crippen LogP contribution in [0.5, 0.6) is 0 Å². The molecule has 1 heterocycles. The lowest BCUT2D eigenvalue weighted by Crippen LogP contribution is -2.04. The summed E-state index contributed by atoms with van der Waals surface area (Å²) < 4.78 is 1.19. The molecule has 19 heavy (non-hydrogen) atoms. The first-order chi connectivity index (χ1) is 9.22. The highest BCUT2D eigenvalue weighted by molar-refractivity contribution is 14.1. The fraction of sp³-hybridized carbons (Fsp3) is 0.188. The smallest absolute Gasteiger partial charge is 0.167 e. The van der Waals surface area contributed by atoms with Gasteiger partial charge in [0.15, 0.2) is 5.78 Å². The molecule has 0 radical (unpaired) electrons. The van der Waals surface area contributed by atoms with Crippen molar-refractivity contribution in [3.8, 4) is 0 Å². The molecule has 2 aromatic carbocycles. The van der Waals surface area contributed by atoms with E-state index in [9.17, 15) is 4.79 Å². The molecule has 0 spiro atoms. The molecule has 0 bridgehead atoms. The van der Waals surface area contributed by atoms with Crippen molar-refractivity contribution >= 4 is 28.4 Å². The second-order valence-corrected chi connectivity index (χ2v) is 6.06. The Balaban J connectivity index is 1.78. The Kier molecular flexibility index (Phi) is 3.66. The number of Topliss-reactive ketones (excluding diaryl/α,β-unsaturated/α-hetero) is 1. The summed E-state index contributed by atoms with van der Waals surface area (Å²) in [6.45, 7) is 1.79. The molecular weight excluding hydrogens is 349 g/mol. The third kappa shape index (κ3) is 2.87. The van der Waals surface area contributed by atoms with Gasteiger partial charge in [0.05, 0.1) is 0 Å². The molecular formula is C16H14INO. The van der Waals surface area contributed by atoms with Crippen LogP contribution in [0, 0.1) is 3.57 Å². The number of hydrogen-bond acceptors (Lipinski definition) is 2. The lowest BCUT2D eigenvalue weighted by atomic mass is 9.99. The quantitative estimate of drug-likeness (QED) is 0.670. The summed E-state index contributed by atoms with van der Waals surface area (Å²) in [6, 6.07) is 14.2. The van der Waals surface area contributed by atoms with E-state index in [1.165, 1.54) is 14.7 Å². The fourth-order valence-electron chi connectivity index (χ4n) is 2.36. The van der Waals surface area contributed by atoms with Gasteiger partial charge in [-0.1, -0.05) is 24.3 Å². The molecule has 0 unspecified atom stereocenters. The molecule has 0 aliphatic carbocycles. The Morgan fingerprint density at radius 1 is 1.05 bits per heavy atom. The van der Waals surface area contributed by atoms with Crippen molar-refractivity contribution in [2.24, 2.45) is 0 Å². The molecule has 2 nitrogen and oxygen atoms in total. The van der Waals surface area contributed by atoms with E-state index in [1.54, 1.807) is 0 Å². The number of benzene rings is 2. The van der Waals surface area contributed by atoms with Gasteiger partial charge in [-0.3, -0.25) is 4.79 Å². The summed E-state index contributed by atoms with van der Waals surface area (Å²) >= 11 is 2.27. The van der Waals surface area contributed by atoms with Crippen LogP contribution in [0.4, 0.5) is 0 Å². The van der Waals surface area contributed by atoms with Crippen LogP contribution >= 0.6 is 22.6 Å². The van der Waals surface area contributed by atoms with Gasteiger partial charge >= 0.3 is 0 Å². The highest BCUT2D eigenvalue weighted by atomic mass is 127. The van der Waals surface area contributed by atoms with Crippen LogP contribution in [0.1, 0.15) is 27.0 Å². The zero-order valence-corrected chi connectivity index (χ0v) is 12.6. The van der Waals surface area contributed by atoms with Gasteiger partial charge in [-0.05, 0) is 57.5 Å². The second-order valence-electron chi connectivity index (χ2n) is 4.81. The fourth-order valence-corrected chi connectivity index (χ4v) is 2.72. The number of carbonyl (C=O) groups excluding carboxylic acids is 1. The predicted octanol–water partition coefficient (Wildman–Crippen LogP) is 3.32. The maximum Gasteiger partial charge on any atom is 0.167 e. The van der Waals surface area contributed by atoms with Crippen LogP contribution < -0.4 is 5.32 Å². The number of nitrogens with one attached hydrogen (secondary N) is 1. The van der Waals surface area contributed by atoms with Gasteiger partial charge < -0.3 is 5.32 Å². The Hall–Kier alpha value is -1.20. The van der Waals surface area contributed by atoms with Gasteiger partial charge in [0.2, 0.25) is 0 Å². The summed E-state index contributed by atoms with van der Waals surface area (Å²) in [5.74, 6) is 0.191. The SMILES string of the molecule is O=C(Cc1ccc(I)cc1)c1ccc2c(c1)CNC2. The monoisotopic (exact) mass is 363 g/mol. The average molecular weight is 363 g/mol. The second kappa shape index (κ2) is 5.43. The van der Waals surface area contributed by atoms with Gasteiger partial charge in [-0.25, -0.2) is 0 Å². The minimum absolute atomic E-state index is 0.191. The molecule has 0 saturated carbocycles. The van der Waals surface area contributed by atoms with Crippen molar-refractivity contribution in [1.29, 1.82) is 0 Å². The first kappa shape index (κ1) is 12.8. The van der Waals surface area contributed by atoms with E-state index < -0.39 is 0 Å². The van der Waals surface area contributed by atoms with Gasteiger partial charge in [-0.15, -0.1) is 0 Å². The minimum atomic E-state index is 0.191. The molecule has 0 atom stereocenters. The molecule has 2 aromatic rings. The maximum absolute atomic E-state index is 12.3. The third-order valence-corrected chi connectivity index (χ3v) is 4.16. The maximum atomic E-state index is 12.3. The topological polar surface area (TPSA) is 29.1 Å². The summed E-state index contributed by atoms with van der Waals surface area (Å²) in [4.78, 5) is 12.3. The number of halogens is 1. The van der Waals surface area contributed by atoms with E-state index in [2.05, 4.69) is 34.0 Å². The van der Waals surface area contributed by atoms with Crippen LogP contribution in [0.25, 0.3) is 0 Å². The van der Waals surface area contributed by atoms with Crippen molar-refractivity contribution < 1.29 is 4.79 Å². The van der Waals surface area contributed by atoms with Gasteiger partial charge in [0.1, 0.15) is 0 Å². The molecule has 3 rings (SSSR count). The van der Waals surface area contributed by atoms with Crippen LogP contribution in [-0.2, 0) is 19.5 Å². The van der Waals surface area contributed by atoms with Crippen molar-refractivity contribution in [2.75, 3.05) is 0 Å². The number of ketones is 1. The zero-order chi connectivity index (χ0) is 13.2. The van der Waals surface area contributed by atoms with Gasteiger partial charge in [0, 0.05) is 28.6 Å².